The fourth-order valence-corrected chi connectivity index (χ4v) is 2.70. The second kappa shape index (κ2) is 7.80. The number of hydrogen-bond donors (Lipinski definition) is 1. The highest BCUT2D eigenvalue weighted by molar-refractivity contribution is 6.31. The van der Waals surface area contributed by atoms with Crippen molar-refractivity contribution in [2.75, 3.05) is 0 Å². The maximum absolute atomic E-state index is 13.5. The van der Waals surface area contributed by atoms with Gasteiger partial charge in [-0.3, -0.25) is 4.79 Å². The minimum atomic E-state index is -5.17. The van der Waals surface area contributed by atoms with E-state index in [4.69, 9.17) is 27.9 Å². The van der Waals surface area contributed by atoms with Crippen LogP contribution in [0.3, 0.4) is 0 Å². The molecule has 0 atom stereocenters. The van der Waals surface area contributed by atoms with E-state index < -0.39 is 51.5 Å². The summed E-state index contributed by atoms with van der Waals surface area (Å²) in [7, 11) is 0. The molecule has 30 heavy (non-hydrogen) atoms. The minimum absolute atomic E-state index is 0.0649. The van der Waals surface area contributed by atoms with Crippen LogP contribution in [0.1, 0.15) is 11.3 Å². The maximum Gasteiger partial charge on any atom is 0.437 e. The van der Waals surface area contributed by atoms with Crippen molar-refractivity contribution in [3.05, 3.63) is 68.2 Å². The number of pyridine rings is 1. The molecular weight excluding hydrogens is 463 g/mol. The molecule has 3 aromatic rings. The zero-order chi connectivity index (χ0) is 22.3. The SMILES string of the molecule is O=c1[nH]c(-c2cccc(Cl)n2)nc(C(F)(F)F)c1Oc1ccc(Cl)c(C(F)(F)F)c1. The van der Waals surface area contributed by atoms with E-state index in [1.807, 2.05) is 4.98 Å². The summed E-state index contributed by atoms with van der Waals surface area (Å²) in [6.07, 6.45) is -10.1. The van der Waals surface area contributed by atoms with Gasteiger partial charge in [-0.2, -0.15) is 26.3 Å². The van der Waals surface area contributed by atoms with Gasteiger partial charge in [0.2, 0.25) is 5.75 Å². The Kier molecular flexibility index (Phi) is 5.70. The van der Waals surface area contributed by atoms with Crippen molar-refractivity contribution in [3.63, 3.8) is 0 Å². The molecule has 0 unspecified atom stereocenters. The third-order valence-corrected chi connectivity index (χ3v) is 4.11. The molecule has 13 heteroatoms. The highest BCUT2D eigenvalue weighted by atomic mass is 35.5. The first-order valence-corrected chi connectivity index (χ1v) is 8.51. The summed E-state index contributed by atoms with van der Waals surface area (Å²) in [4.78, 5) is 21.4. The molecule has 1 N–H and O–H groups in total. The Balaban J connectivity index is 2.13. The van der Waals surface area contributed by atoms with Gasteiger partial charge in [-0.05, 0) is 30.3 Å². The smallest absolute Gasteiger partial charge is 0.437 e. The maximum atomic E-state index is 13.5. The number of nitrogens with one attached hydrogen (secondary N) is 1. The van der Waals surface area contributed by atoms with Crippen LogP contribution < -0.4 is 10.3 Å². The Morgan fingerprint density at radius 3 is 2.23 bits per heavy atom. The fraction of sp³-hybridized carbons (Fsp3) is 0.118. The number of benzene rings is 1. The van der Waals surface area contributed by atoms with Crippen LogP contribution in [0.2, 0.25) is 10.2 Å². The number of aromatic amines is 1. The molecule has 0 aliphatic heterocycles. The number of rotatable bonds is 3. The molecule has 0 aliphatic rings. The van der Waals surface area contributed by atoms with Gasteiger partial charge in [0.15, 0.2) is 11.5 Å². The first-order valence-electron chi connectivity index (χ1n) is 7.75. The normalized spacial score (nSPS) is 12.1. The summed E-state index contributed by atoms with van der Waals surface area (Å²) >= 11 is 11.2. The number of hydrogen-bond acceptors (Lipinski definition) is 4. The topological polar surface area (TPSA) is 67.9 Å². The van der Waals surface area contributed by atoms with E-state index in [0.717, 1.165) is 12.1 Å². The quantitative estimate of drug-likeness (QED) is 0.379. The summed E-state index contributed by atoms with van der Waals surface area (Å²) in [6.45, 7) is 0. The van der Waals surface area contributed by atoms with E-state index in [1.54, 1.807) is 0 Å². The second-order valence-corrected chi connectivity index (χ2v) is 6.47. The van der Waals surface area contributed by atoms with Crippen LogP contribution in [-0.2, 0) is 12.4 Å². The van der Waals surface area contributed by atoms with Crippen molar-refractivity contribution in [2.45, 2.75) is 12.4 Å². The molecule has 158 valence electrons. The molecule has 0 aliphatic carbocycles. The standard InChI is InChI=1S/C17H7Cl2F6N3O2/c18-9-5-4-7(6-8(9)16(20,21)22)30-12-13(17(23,24)25)27-14(28-15(12)29)10-2-1-3-11(19)26-10/h1-6H,(H,27,28,29). The zero-order valence-electron chi connectivity index (χ0n) is 14.2. The Morgan fingerprint density at radius 1 is 0.933 bits per heavy atom. The number of ether oxygens (including phenoxy) is 1. The van der Waals surface area contributed by atoms with Crippen molar-refractivity contribution in [2.24, 2.45) is 0 Å². The number of H-pyrrole nitrogens is 1. The molecule has 0 amide bonds. The molecule has 0 spiro atoms. The first-order chi connectivity index (χ1) is 13.9. The summed E-state index contributed by atoms with van der Waals surface area (Å²) < 4.78 is 84.2. The second-order valence-electron chi connectivity index (χ2n) is 5.68. The van der Waals surface area contributed by atoms with Crippen LogP contribution in [0.25, 0.3) is 11.5 Å². The van der Waals surface area contributed by atoms with Gasteiger partial charge in [-0.25, -0.2) is 9.97 Å². The van der Waals surface area contributed by atoms with Crippen molar-refractivity contribution in [1.82, 2.24) is 15.0 Å². The predicted molar refractivity (Wildman–Crippen MR) is 94.6 cm³/mol. The van der Waals surface area contributed by atoms with Gasteiger partial charge in [0, 0.05) is 0 Å². The van der Waals surface area contributed by atoms with E-state index in [2.05, 4.69) is 9.97 Å². The molecule has 0 fully saturated rings. The van der Waals surface area contributed by atoms with Gasteiger partial charge in [-0.15, -0.1) is 0 Å². The van der Waals surface area contributed by atoms with Crippen LogP contribution >= 0.6 is 23.2 Å². The molecule has 0 radical (unpaired) electrons. The first kappa shape index (κ1) is 21.9. The Hall–Kier alpha value is -2.79. The highest BCUT2D eigenvalue weighted by Crippen LogP contribution is 2.39. The fourth-order valence-electron chi connectivity index (χ4n) is 2.31. The largest absolute Gasteiger partial charge is 0.449 e. The van der Waals surface area contributed by atoms with E-state index in [0.29, 0.717) is 6.07 Å². The molecule has 2 heterocycles. The molecule has 5 nitrogen and oxygen atoms in total. The van der Waals surface area contributed by atoms with E-state index in [-0.39, 0.29) is 10.8 Å². The molecule has 0 bridgehead atoms. The lowest BCUT2D eigenvalue weighted by Gasteiger charge is -2.15. The van der Waals surface area contributed by atoms with Gasteiger partial charge in [0.1, 0.15) is 16.6 Å². The molecular formula is C17H7Cl2F6N3O2. The highest BCUT2D eigenvalue weighted by Gasteiger charge is 2.39. The number of alkyl halides is 6. The third-order valence-electron chi connectivity index (χ3n) is 3.57. The summed E-state index contributed by atoms with van der Waals surface area (Å²) in [5, 5.41) is -0.759. The van der Waals surface area contributed by atoms with E-state index >= 15 is 0 Å². The van der Waals surface area contributed by atoms with Crippen LogP contribution in [0.5, 0.6) is 11.5 Å². The molecule has 0 saturated heterocycles. The summed E-state index contributed by atoms with van der Waals surface area (Å²) in [5.74, 6) is -2.60. The number of halogens is 8. The Bertz CT molecular complexity index is 1160. The lowest BCUT2D eigenvalue weighted by Crippen LogP contribution is -2.21. The lowest BCUT2D eigenvalue weighted by molar-refractivity contribution is -0.142. The van der Waals surface area contributed by atoms with Crippen molar-refractivity contribution in [1.29, 1.82) is 0 Å². The van der Waals surface area contributed by atoms with Crippen molar-refractivity contribution in [3.8, 4) is 23.0 Å². The average molecular weight is 470 g/mol. The van der Waals surface area contributed by atoms with Crippen LogP contribution in [0.15, 0.2) is 41.2 Å². The monoisotopic (exact) mass is 469 g/mol. The van der Waals surface area contributed by atoms with E-state index in [1.165, 1.54) is 18.2 Å². The lowest BCUT2D eigenvalue weighted by atomic mass is 10.2. The Morgan fingerprint density at radius 2 is 1.63 bits per heavy atom. The minimum Gasteiger partial charge on any atom is -0.449 e. The summed E-state index contributed by atoms with van der Waals surface area (Å²) in [6, 6.07) is 6.00. The van der Waals surface area contributed by atoms with Gasteiger partial charge in [0.05, 0.1) is 10.6 Å². The van der Waals surface area contributed by atoms with Crippen LogP contribution in [-0.4, -0.2) is 15.0 Å². The molecule has 1 aromatic carbocycles. The van der Waals surface area contributed by atoms with E-state index in [9.17, 15) is 31.1 Å². The van der Waals surface area contributed by atoms with Gasteiger partial charge < -0.3 is 9.72 Å². The zero-order valence-corrected chi connectivity index (χ0v) is 15.7. The third kappa shape index (κ3) is 4.68. The predicted octanol–water partition coefficient (Wildman–Crippen LogP) is 5.97. The number of nitrogens with zero attached hydrogens (tertiary/aromatic N) is 2. The average Bonchev–Trinajstić information content (AvgIpc) is 2.62. The summed E-state index contributed by atoms with van der Waals surface area (Å²) in [5.41, 5.74) is -4.66. The van der Waals surface area contributed by atoms with Gasteiger partial charge in [0.25, 0.3) is 5.56 Å². The van der Waals surface area contributed by atoms with Crippen LogP contribution in [0, 0.1) is 0 Å². The van der Waals surface area contributed by atoms with Gasteiger partial charge >= 0.3 is 12.4 Å². The Labute approximate surface area is 173 Å². The molecule has 3 rings (SSSR count). The molecule has 0 saturated carbocycles. The number of aromatic nitrogens is 3. The molecule has 2 aromatic heterocycles. The van der Waals surface area contributed by atoms with Crippen molar-refractivity contribution < 1.29 is 31.1 Å². The van der Waals surface area contributed by atoms with Crippen LogP contribution in [0.4, 0.5) is 26.3 Å². The van der Waals surface area contributed by atoms with Crippen molar-refractivity contribution >= 4 is 23.2 Å². The van der Waals surface area contributed by atoms with Gasteiger partial charge in [-0.1, -0.05) is 29.3 Å².